The maximum absolute atomic E-state index is 3.27. The summed E-state index contributed by atoms with van der Waals surface area (Å²) in [5.74, 6) is 0. The molecular formula is C5H12N2S. The van der Waals surface area contributed by atoms with Gasteiger partial charge in [0.2, 0.25) is 0 Å². The van der Waals surface area contributed by atoms with Crippen LogP contribution in [0, 0.1) is 0 Å². The average Bonchev–Trinajstić information content (AvgIpc) is 1.77. The van der Waals surface area contributed by atoms with Gasteiger partial charge in [0.25, 0.3) is 0 Å². The van der Waals surface area contributed by atoms with Crippen LogP contribution in [-0.4, -0.2) is 23.9 Å². The second kappa shape index (κ2) is 2.71. The van der Waals surface area contributed by atoms with E-state index in [0.29, 0.717) is 6.04 Å². The summed E-state index contributed by atoms with van der Waals surface area (Å²) in [4.78, 5) is 0. The summed E-state index contributed by atoms with van der Waals surface area (Å²) < 4.78 is 5.48. The van der Waals surface area contributed by atoms with Gasteiger partial charge in [-0.1, -0.05) is 0 Å². The standard InChI is InChI=1S/C5H12N2S/c1-5-3-4-7(2)8-6-5/h5-6H,3-4H2,1-2H3. The largest absolute Gasteiger partial charge is 0.248 e. The molecule has 1 N–H and O–H groups in total. The van der Waals surface area contributed by atoms with Gasteiger partial charge < -0.3 is 0 Å². The molecule has 1 unspecified atom stereocenters. The molecular weight excluding hydrogens is 120 g/mol. The van der Waals surface area contributed by atoms with E-state index >= 15 is 0 Å². The summed E-state index contributed by atoms with van der Waals surface area (Å²) in [5.41, 5.74) is 0. The third kappa shape index (κ3) is 1.65. The molecule has 1 saturated heterocycles. The van der Waals surface area contributed by atoms with E-state index in [9.17, 15) is 0 Å². The second-order valence-electron chi connectivity index (χ2n) is 2.25. The van der Waals surface area contributed by atoms with E-state index < -0.39 is 0 Å². The number of nitrogens with one attached hydrogen (secondary N) is 1. The number of nitrogens with zero attached hydrogens (tertiary/aromatic N) is 1. The minimum absolute atomic E-state index is 0.691. The smallest absolute Gasteiger partial charge is 0.0168 e. The van der Waals surface area contributed by atoms with Gasteiger partial charge in [-0.25, -0.2) is 9.03 Å². The second-order valence-corrected chi connectivity index (χ2v) is 3.29. The summed E-state index contributed by atoms with van der Waals surface area (Å²) in [6.45, 7) is 3.42. The molecule has 48 valence electrons. The van der Waals surface area contributed by atoms with Crippen LogP contribution in [0.25, 0.3) is 0 Å². The Labute approximate surface area is 54.9 Å². The van der Waals surface area contributed by atoms with Gasteiger partial charge in [0.05, 0.1) is 0 Å². The van der Waals surface area contributed by atoms with Crippen LogP contribution < -0.4 is 4.72 Å². The first kappa shape index (κ1) is 6.39. The van der Waals surface area contributed by atoms with Crippen molar-refractivity contribution >= 4 is 12.1 Å². The Kier molecular flexibility index (Phi) is 2.16. The molecule has 0 spiro atoms. The van der Waals surface area contributed by atoms with Crippen molar-refractivity contribution in [2.75, 3.05) is 13.6 Å². The van der Waals surface area contributed by atoms with Gasteiger partial charge in [0.15, 0.2) is 0 Å². The Morgan fingerprint density at radius 1 is 1.75 bits per heavy atom. The lowest BCUT2D eigenvalue weighted by molar-refractivity contribution is 0.457. The van der Waals surface area contributed by atoms with E-state index in [0.717, 1.165) is 0 Å². The fourth-order valence-corrected chi connectivity index (χ4v) is 1.33. The third-order valence-electron chi connectivity index (χ3n) is 1.29. The lowest BCUT2D eigenvalue weighted by atomic mass is 10.2. The van der Waals surface area contributed by atoms with Gasteiger partial charge in [-0.2, -0.15) is 0 Å². The quantitative estimate of drug-likeness (QED) is 0.492. The molecule has 0 saturated carbocycles. The van der Waals surface area contributed by atoms with Crippen LogP contribution in [0.3, 0.4) is 0 Å². The molecule has 0 radical (unpaired) electrons. The first-order valence-electron chi connectivity index (χ1n) is 2.92. The van der Waals surface area contributed by atoms with Crippen molar-refractivity contribution in [3.8, 4) is 0 Å². The SMILES string of the molecule is CC1CCN(C)SN1. The van der Waals surface area contributed by atoms with E-state index in [-0.39, 0.29) is 0 Å². The lowest BCUT2D eigenvalue weighted by Crippen LogP contribution is -2.33. The topological polar surface area (TPSA) is 15.3 Å². The van der Waals surface area contributed by atoms with Crippen molar-refractivity contribution in [3.05, 3.63) is 0 Å². The molecule has 0 aliphatic carbocycles. The van der Waals surface area contributed by atoms with Crippen LogP contribution in [0.15, 0.2) is 0 Å². The lowest BCUT2D eigenvalue weighted by Gasteiger charge is -2.25. The Balaban J connectivity index is 2.19. The van der Waals surface area contributed by atoms with Crippen molar-refractivity contribution in [2.24, 2.45) is 0 Å². The average molecular weight is 132 g/mol. The molecule has 1 fully saturated rings. The molecule has 0 aromatic rings. The van der Waals surface area contributed by atoms with Crippen LogP contribution in [0.5, 0.6) is 0 Å². The van der Waals surface area contributed by atoms with E-state index in [1.54, 1.807) is 12.1 Å². The Hall–Kier alpha value is 0.270. The van der Waals surface area contributed by atoms with Crippen LogP contribution in [0.2, 0.25) is 0 Å². The molecule has 0 aromatic heterocycles. The van der Waals surface area contributed by atoms with Crippen molar-refractivity contribution in [1.29, 1.82) is 0 Å². The minimum atomic E-state index is 0.691. The van der Waals surface area contributed by atoms with E-state index in [1.165, 1.54) is 13.0 Å². The minimum Gasteiger partial charge on any atom is -0.248 e. The van der Waals surface area contributed by atoms with E-state index in [2.05, 4.69) is 23.0 Å². The first-order valence-corrected chi connectivity index (χ1v) is 3.70. The van der Waals surface area contributed by atoms with Crippen LogP contribution in [-0.2, 0) is 0 Å². The summed E-state index contributed by atoms with van der Waals surface area (Å²) in [6, 6.07) is 0.691. The molecule has 1 rings (SSSR count). The molecule has 1 heterocycles. The molecule has 0 aromatic carbocycles. The normalized spacial score (nSPS) is 33.0. The molecule has 1 aliphatic rings. The van der Waals surface area contributed by atoms with Crippen LogP contribution in [0.4, 0.5) is 0 Å². The van der Waals surface area contributed by atoms with Crippen molar-refractivity contribution in [2.45, 2.75) is 19.4 Å². The molecule has 3 heteroatoms. The highest BCUT2D eigenvalue weighted by Crippen LogP contribution is 2.11. The first-order chi connectivity index (χ1) is 3.79. The zero-order valence-electron chi connectivity index (χ0n) is 5.35. The number of hydrogen-bond acceptors (Lipinski definition) is 3. The van der Waals surface area contributed by atoms with Gasteiger partial charge >= 0.3 is 0 Å². The number of hydrogen-bond donors (Lipinski definition) is 1. The van der Waals surface area contributed by atoms with Crippen LogP contribution in [0.1, 0.15) is 13.3 Å². The fraction of sp³-hybridized carbons (Fsp3) is 1.00. The molecule has 2 nitrogen and oxygen atoms in total. The zero-order valence-corrected chi connectivity index (χ0v) is 6.16. The van der Waals surface area contributed by atoms with Gasteiger partial charge in [-0.15, -0.1) is 0 Å². The highest BCUT2D eigenvalue weighted by atomic mass is 32.2. The maximum Gasteiger partial charge on any atom is 0.0168 e. The Morgan fingerprint density at radius 2 is 2.50 bits per heavy atom. The molecule has 1 aliphatic heterocycles. The van der Waals surface area contributed by atoms with E-state index in [4.69, 9.17) is 0 Å². The molecule has 0 amide bonds. The van der Waals surface area contributed by atoms with Gasteiger partial charge in [0, 0.05) is 24.7 Å². The third-order valence-corrected chi connectivity index (χ3v) is 2.29. The molecule has 0 bridgehead atoms. The highest BCUT2D eigenvalue weighted by molar-refractivity contribution is 7.95. The van der Waals surface area contributed by atoms with Gasteiger partial charge in [-0.3, -0.25) is 0 Å². The van der Waals surface area contributed by atoms with Crippen molar-refractivity contribution in [1.82, 2.24) is 9.03 Å². The maximum atomic E-state index is 3.27. The molecule has 8 heavy (non-hydrogen) atoms. The monoisotopic (exact) mass is 132 g/mol. The van der Waals surface area contributed by atoms with Gasteiger partial charge in [0.1, 0.15) is 0 Å². The predicted octanol–water partition coefficient (Wildman–Crippen LogP) is 0.863. The van der Waals surface area contributed by atoms with Crippen LogP contribution >= 0.6 is 12.1 Å². The summed E-state index contributed by atoms with van der Waals surface area (Å²) in [5, 5.41) is 0. The predicted molar refractivity (Wildman–Crippen MR) is 37.4 cm³/mol. The summed E-state index contributed by atoms with van der Waals surface area (Å²) in [7, 11) is 2.10. The van der Waals surface area contributed by atoms with Gasteiger partial charge in [-0.05, 0) is 20.4 Å². The Bertz CT molecular complexity index is 58.8. The summed E-state index contributed by atoms with van der Waals surface area (Å²) >= 11 is 1.71. The highest BCUT2D eigenvalue weighted by Gasteiger charge is 2.10. The van der Waals surface area contributed by atoms with E-state index in [1.807, 2.05) is 0 Å². The fourth-order valence-electron chi connectivity index (χ4n) is 0.660. The molecule has 1 atom stereocenters. The van der Waals surface area contributed by atoms with Crippen molar-refractivity contribution < 1.29 is 0 Å². The number of rotatable bonds is 0. The zero-order chi connectivity index (χ0) is 5.98. The Morgan fingerprint density at radius 3 is 2.88 bits per heavy atom. The van der Waals surface area contributed by atoms with Crippen molar-refractivity contribution in [3.63, 3.8) is 0 Å². The summed E-state index contributed by atoms with van der Waals surface area (Å²) in [6.07, 6.45) is 1.27.